The summed E-state index contributed by atoms with van der Waals surface area (Å²) in [6, 6.07) is 15.4. The third-order valence-corrected chi connectivity index (χ3v) is 3.86. The van der Waals surface area contributed by atoms with Crippen molar-refractivity contribution >= 4 is 17.4 Å². The molecule has 3 heteroatoms. The molecular weight excluding hydrogens is 286 g/mol. The number of rotatable bonds is 6. The summed E-state index contributed by atoms with van der Waals surface area (Å²) in [6.45, 7) is 5.86. The first kappa shape index (κ1) is 16.9. The van der Waals surface area contributed by atoms with Gasteiger partial charge in [0.2, 0.25) is 5.91 Å². The standard InChI is InChI=1S/C20H23NO2/c1-14(2)17-7-4-16(5-8-17)6-13-20(23)21-19-11-9-18(10-12-19)15(3)22/h4-5,7-12,14H,6,13H2,1-3H3,(H,21,23). The number of hydrogen-bond donors (Lipinski definition) is 1. The summed E-state index contributed by atoms with van der Waals surface area (Å²) in [4.78, 5) is 23.2. The highest BCUT2D eigenvalue weighted by Crippen LogP contribution is 2.16. The molecular formula is C20H23NO2. The van der Waals surface area contributed by atoms with Gasteiger partial charge in [-0.1, -0.05) is 38.1 Å². The van der Waals surface area contributed by atoms with Crippen LogP contribution in [0.15, 0.2) is 48.5 Å². The summed E-state index contributed by atoms with van der Waals surface area (Å²) in [5.74, 6) is 0.520. The van der Waals surface area contributed by atoms with Crippen LogP contribution in [0.25, 0.3) is 0 Å². The second-order valence-corrected chi connectivity index (χ2v) is 6.08. The number of aryl methyl sites for hydroxylation is 1. The number of hydrogen-bond acceptors (Lipinski definition) is 2. The van der Waals surface area contributed by atoms with Crippen molar-refractivity contribution in [2.24, 2.45) is 0 Å². The van der Waals surface area contributed by atoms with Crippen LogP contribution >= 0.6 is 0 Å². The third-order valence-electron chi connectivity index (χ3n) is 3.86. The Labute approximate surface area is 137 Å². The van der Waals surface area contributed by atoms with Crippen LogP contribution in [0, 0.1) is 0 Å². The molecule has 0 heterocycles. The molecule has 0 unspecified atom stereocenters. The Balaban J connectivity index is 1.86. The van der Waals surface area contributed by atoms with Gasteiger partial charge in [0.05, 0.1) is 0 Å². The molecule has 2 aromatic rings. The van der Waals surface area contributed by atoms with Gasteiger partial charge in [0.15, 0.2) is 5.78 Å². The minimum atomic E-state index is -0.0199. The lowest BCUT2D eigenvalue weighted by atomic mass is 10.0. The summed E-state index contributed by atoms with van der Waals surface area (Å²) in [5, 5.41) is 2.86. The number of carbonyl (C=O) groups excluding carboxylic acids is 2. The van der Waals surface area contributed by atoms with Gasteiger partial charge in [-0.2, -0.15) is 0 Å². The highest BCUT2D eigenvalue weighted by atomic mass is 16.1. The van der Waals surface area contributed by atoms with E-state index in [1.54, 1.807) is 24.3 Å². The molecule has 0 atom stereocenters. The summed E-state index contributed by atoms with van der Waals surface area (Å²) >= 11 is 0. The minimum Gasteiger partial charge on any atom is -0.326 e. The van der Waals surface area contributed by atoms with Crippen LogP contribution in [0.3, 0.4) is 0 Å². The summed E-state index contributed by atoms with van der Waals surface area (Å²) < 4.78 is 0. The van der Waals surface area contributed by atoms with E-state index >= 15 is 0 Å². The Morgan fingerprint density at radius 1 is 0.957 bits per heavy atom. The number of amides is 1. The van der Waals surface area contributed by atoms with Gasteiger partial charge in [-0.3, -0.25) is 9.59 Å². The van der Waals surface area contributed by atoms with E-state index in [1.165, 1.54) is 12.5 Å². The summed E-state index contributed by atoms with van der Waals surface area (Å²) in [5.41, 5.74) is 3.84. The molecule has 0 bridgehead atoms. The maximum absolute atomic E-state index is 12.0. The topological polar surface area (TPSA) is 46.2 Å². The largest absolute Gasteiger partial charge is 0.326 e. The highest BCUT2D eigenvalue weighted by Gasteiger charge is 2.05. The van der Waals surface area contributed by atoms with Gasteiger partial charge >= 0.3 is 0 Å². The van der Waals surface area contributed by atoms with Crippen LogP contribution in [-0.4, -0.2) is 11.7 Å². The zero-order valence-corrected chi connectivity index (χ0v) is 13.9. The van der Waals surface area contributed by atoms with E-state index in [1.807, 2.05) is 0 Å². The van der Waals surface area contributed by atoms with Crippen molar-refractivity contribution in [2.75, 3.05) is 5.32 Å². The molecule has 0 aliphatic carbocycles. The first-order chi connectivity index (χ1) is 11.0. The Hall–Kier alpha value is -2.42. The van der Waals surface area contributed by atoms with Crippen molar-refractivity contribution in [1.82, 2.24) is 0 Å². The molecule has 3 nitrogen and oxygen atoms in total. The van der Waals surface area contributed by atoms with Crippen LogP contribution in [0.4, 0.5) is 5.69 Å². The van der Waals surface area contributed by atoms with E-state index in [-0.39, 0.29) is 11.7 Å². The minimum absolute atomic E-state index is 0.0199. The molecule has 1 amide bonds. The van der Waals surface area contributed by atoms with Crippen LogP contribution in [0.2, 0.25) is 0 Å². The average molecular weight is 309 g/mol. The Morgan fingerprint density at radius 3 is 2.09 bits per heavy atom. The molecule has 0 aromatic heterocycles. The Kier molecular flexibility index (Phi) is 5.69. The molecule has 0 radical (unpaired) electrons. The first-order valence-electron chi connectivity index (χ1n) is 7.95. The molecule has 0 aliphatic heterocycles. The number of carbonyl (C=O) groups is 2. The van der Waals surface area contributed by atoms with E-state index in [9.17, 15) is 9.59 Å². The first-order valence-corrected chi connectivity index (χ1v) is 7.95. The molecule has 0 saturated heterocycles. The number of benzene rings is 2. The zero-order chi connectivity index (χ0) is 16.8. The quantitative estimate of drug-likeness (QED) is 0.794. The number of Topliss-reactive ketones (excluding diaryl/α,β-unsaturated/α-hetero) is 1. The number of nitrogens with one attached hydrogen (secondary N) is 1. The molecule has 1 N–H and O–H groups in total. The van der Waals surface area contributed by atoms with Gasteiger partial charge in [0.25, 0.3) is 0 Å². The van der Waals surface area contributed by atoms with Gasteiger partial charge < -0.3 is 5.32 Å². The smallest absolute Gasteiger partial charge is 0.224 e. The number of ketones is 1. The molecule has 0 saturated carbocycles. The molecule has 23 heavy (non-hydrogen) atoms. The van der Waals surface area contributed by atoms with Crippen LogP contribution in [0.1, 0.15) is 54.6 Å². The van der Waals surface area contributed by atoms with Gasteiger partial charge in [0.1, 0.15) is 0 Å². The lowest BCUT2D eigenvalue weighted by Crippen LogP contribution is -2.12. The highest BCUT2D eigenvalue weighted by molar-refractivity contribution is 5.95. The second kappa shape index (κ2) is 7.73. The molecule has 2 aromatic carbocycles. The Bertz CT molecular complexity index is 670. The van der Waals surface area contributed by atoms with Crippen molar-refractivity contribution in [3.05, 3.63) is 65.2 Å². The fraction of sp³-hybridized carbons (Fsp3) is 0.300. The van der Waals surface area contributed by atoms with Crippen molar-refractivity contribution in [3.63, 3.8) is 0 Å². The normalized spacial score (nSPS) is 10.6. The van der Waals surface area contributed by atoms with Crippen LogP contribution < -0.4 is 5.32 Å². The number of anilines is 1. The predicted molar refractivity (Wildman–Crippen MR) is 93.9 cm³/mol. The molecule has 0 fully saturated rings. The summed E-state index contributed by atoms with van der Waals surface area (Å²) in [7, 11) is 0. The van der Waals surface area contributed by atoms with Gasteiger partial charge in [-0.15, -0.1) is 0 Å². The predicted octanol–water partition coefficient (Wildman–Crippen LogP) is 4.58. The Morgan fingerprint density at radius 2 is 1.57 bits per heavy atom. The van der Waals surface area contributed by atoms with Crippen LogP contribution in [-0.2, 0) is 11.2 Å². The van der Waals surface area contributed by atoms with Crippen LogP contribution in [0.5, 0.6) is 0 Å². The lowest BCUT2D eigenvalue weighted by Gasteiger charge is -2.08. The SMILES string of the molecule is CC(=O)c1ccc(NC(=O)CCc2ccc(C(C)C)cc2)cc1. The zero-order valence-electron chi connectivity index (χ0n) is 13.9. The average Bonchev–Trinajstić information content (AvgIpc) is 2.54. The van der Waals surface area contributed by atoms with Gasteiger partial charge in [-0.25, -0.2) is 0 Å². The van der Waals surface area contributed by atoms with Gasteiger partial charge in [0, 0.05) is 17.7 Å². The van der Waals surface area contributed by atoms with Crippen molar-refractivity contribution in [1.29, 1.82) is 0 Å². The molecule has 2 rings (SSSR count). The summed E-state index contributed by atoms with van der Waals surface area (Å²) in [6.07, 6.45) is 1.16. The molecule has 0 aliphatic rings. The van der Waals surface area contributed by atoms with Gasteiger partial charge in [-0.05, 0) is 54.7 Å². The molecule has 0 spiro atoms. The van der Waals surface area contributed by atoms with Crippen molar-refractivity contribution in [3.8, 4) is 0 Å². The maximum Gasteiger partial charge on any atom is 0.224 e. The monoisotopic (exact) mass is 309 g/mol. The van der Waals surface area contributed by atoms with Crippen molar-refractivity contribution < 1.29 is 9.59 Å². The lowest BCUT2D eigenvalue weighted by molar-refractivity contribution is -0.116. The second-order valence-electron chi connectivity index (χ2n) is 6.08. The van der Waals surface area contributed by atoms with E-state index in [2.05, 4.69) is 43.4 Å². The van der Waals surface area contributed by atoms with E-state index in [0.717, 1.165) is 17.7 Å². The fourth-order valence-corrected chi connectivity index (χ4v) is 2.34. The van der Waals surface area contributed by atoms with Crippen molar-refractivity contribution in [2.45, 2.75) is 39.5 Å². The molecule has 120 valence electrons. The van der Waals surface area contributed by atoms with E-state index in [4.69, 9.17) is 0 Å². The fourth-order valence-electron chi connectivity index (χ4n) is 2.34. The van der Waals surface area contributed by atoms with E-state index < -0.39 is 0 Å². The van der Waals surface area contributed by atoms with E-state index in [0.29, 0.717) is 17.9 Å². The third kappa shape index (κ3) is 5.06. The maximum atomic E-state index is 12.0.